The van der Waals surface area contributed by atoms with Crippen molar-refractivity contribution >= 4 is 5.96 Å². The van der Waals surface area contributed by atoms with Crippen molar-refractivity contribution in [2.24, 2.45) is 10.9 Å². The number of guanidine groups is 1. The van der Waals surface area contributed by atoms with Gasteiger partial charge in [0, 0.05) is 26.2 Å². The number of likely N-dealkylation sites (tertiary alicyclic amines) is 1. The van der Waals surface area contributed by atoms with Gasteiger partial charge in [-0.15, -0.1) is 0 Å². The van der Waals surface area contributed by atoms with E-state index in [4.69, 9.17) is 4.74 Å². The summed E-state index contributed by atoms with van der Waals surface area (Å²) in [7, 11) is 0. The Bertz CT molecular complexity index is 223. The van der Waals surface area contributed by atoms with Crippen LogP contribution in [-0.4, -0.2) is 50.3 Å². The number of hydrogen-bond acceptors (Lipinski definition) is 2. The zero-order chi connectivity index (χ0) is 12.5. The molecule has 1 N–H and O–H groups in total. The molecule has 1 heterocycles. The van der Waals surface area contributed by atoms with Crippen LogP contribution < -0.4 is 5.32 Å². The van der Waals surface area contributed by atoms with Crippen LogP contribution in [-0.2, 0) is 4.74 Å². The number of nitrogens with zero attached hydrogens (tertiary/aromatic N) is 2. The van der Waals surface area contributed by atoms with E-state index in [2.05, 4.69) is 29.1 Å². The maximum absolute atomic E-state index is 5.31. The fourth-order valence-corrected chi connectivity index (χ4v) is 2.01. The number of piperidine rings is 1. The largest absolute Gasteiger partial charge is 0.380 e. The SMILES string of the molecule is CCNC(=NCCOCC)N1CCC(C)CC1. The van der Waals surface area contributed by atoms with Gasteiger partial charge in [0.15, 0.2) is 5.96 Å². The summed E-state index contributed by atoms with van der Waals surface area (Å²) < 4.78 is 5.31. The highest BCUT2D eigenvalue weighted by molar-refractivity contribution is 5.80. The topological polar surface area (TPSA) is 36.9 Å². The van der Waals surface area contributed by atoms with Crippen LogP contribution in [0.4, 0.5) is 0 Å². The van der Waals surface area contributed by atoms with E-state index in [-0.39, 0.29) is 0 Å². The molecule has 17 heavy (non-hydrogen) atoms. The standard InChI is InChI=1S/C13H27N3O/c1-4-14-13(15-8-11-17-5-2)16-9-6-12(3)7-10-16/h12H,4-11H2,1-3H3,(H,14,15). The summed E-state index contributed by atoms with van der Waals surface area (Å²) in [4.78, 5) is 6.98. The molecular weight excluding hydrogens is 214 g/mol. The van der Waals surface area contributed by atoms with Gasteiger partial charge in [-0.3, -0.25) is 4.99 Å². The smallest absolute Gasteiger partial charge is 0.193 e. The molecule has 1 aliphatic rings. The van der Waals surface area contributed by atoms with Crippen molar-refractivity contribution in [3.05, 3.63) is 0 Å². The van der Waals surface area contributed by atoms with Gasteiger partial charge in [0.05, 0.1) is 13.2 Å². The predicted octanol–water partition coefficient (Wildman–Crippen LogP) is 1.72. The van der Waals surface area contributed by atoms with Crippen LogP contribution in [0.5, 0.6) is 0 Å². The van der Waals surface area contributed by atoms with Crippen molar-refractivity contribution in [1.82, 2.24) is 10.2 Å². The molecule has 0 spiro atoms. The van der Waals surface area contributed by atoms with Gasteiger partial charge in [-0.05, 0) is 32.6 Å². The Morgan fingerprint density at radius 2 is 2.06 bits per heavy atom. The fraction of sp³-hybridized carbons (Fsp3) is 0.923. The molecule has 1 fully saturated rings. The molecule has 0 aliphatic carbocycles. The van der Waals surface area contributed by atoms with E-state index in [1.165, 1.54) is 12.8 Å². The van der Waals surface area contributed by atoms with Crippen LogP contribution in [0, 0.1) is 5.92 Å². The summed E-state index contributed by atoms with van der Waals surface area (Å²) in [5.74, 6) is 1.91. The maximum atomic E-state index is 5.31. The Hall–Kier alpha value is -0.770. The van der Waals surface area contributed by atoms with E-state index in [0.29, 0.717) is 0 Å². The first-order valence-corrected chi connectivity index (χ1v) is 6.88. The van der Waals surface area contributed by atoms with E-state index in [1.54, 1.807) is 0 Å². The highest BCUT2D eigenvalue weighted by Crippen LogP contribution is 2.15. The van der Waals surface area contributed by atoms with E-state index in [9.17, 15) is 0 Å². The van der Waals surface area contributed by atoms with Gasteiger partial charge in [-0.2, -0.15) is 0 Å². The lowest BCUT2D eigenvalue weighted by molar-refractivity contribution is 0.155. The lowest BCUT2D eigenvalue weighted by Crippen LogP contribution is -2.45. The first-order valence-electron chi connectivity index (χ1n) is 6.88. The van der Waals surface area contributed by atoms with Crippen LogP contribution in [0.3, 0.4) is 0 Å². The Kier molecular flexibility index (Phi) is 7.01. The van der Waals surface area contributed by atoms with Crippen molar-refractivity contribution in [1.29, 1.82) is 0 Å². The Balaban J connectivity index is 2.40. The number of nitrogens with one attached hydrogen (secondary N) is 1. The van der Waals surface area contributed by atoms with Crippen LogP contribution in [0.15, 0.2) is 4.99 Å². The van der Waals surface area contributed by atoms with Crippen molar-refractivity contribution in [2.45, 2.75) is 33.6 Å². The monoisotopic (exact) mass is 241 g/mol. The van der Waals surface area contributed by atoms with Gasteiger partial charge in [-0.1, -0.05) is 6.92 Å². The summed E-state index contributed by atoms with van der Waals surface area (Å²) in [5, 5.41) is 3.36. The fourth-order valence-electron chi connectivity index (χ4n) is 2.01. The molecular formula is C13H27N3O. The van der Waals surface area contributed by atoms with E-state index in [1.807, 2.05) is 6.92 Å². The third-order valence-corrected chi connectivity index (χ3v) is 3.12. The van der Waals surface area contributed by atoms with E-state index >= 15 is 0 Å². The average Bonchev–Trinajstić information content (AvgIpc) is 2.34. The van der Waals surface area contributed by atoms with Crippen molar-refractivity contribution in [3.8, 4) is 0 Å². The summed E-state index contributed by atoms with van der Waals surface area (Å²) in [6.45, 7) is 11.9. The van der Waals surface area contributed by atoms with Crippen molar-refractivity contribution in [3.63, 3.8) is 0 Å². The Morgan fingerprint density at radius 1 is 1.35 bits per heavy atom. The lowest BCUT2D eigenvalue weighted by atomic mass is 10.00. The molecule has 0 aromatic rings. The van der Waals surface area contributed by atoms with Gasteiger partial charge in [0.2, 0.25) is 0 Å². The summed E-state index contributed by atoms with van der Waals surface area (Å²) >= 11 is 0. The summed E-state index contributed by atoms with van der Waals surface area (Å²) in [6, 6.07) is 0. The summed E-state index contributed by atoms with van der Waals surface area (Å²) in [5.41, 5.74) is 0. The van der Waals surface area contributed by atoms with Gasteiger partial charge in [0.1, 0.15) is 0 Å². The third-order valence-electron chi connectivity index (χ3n) is 3.12. The normalized spacial score (nSPS) is 18.5. The van der Waals surface area contributed by atoms with Gasteiger partial charge in [-0.25, -0.2) is 0 Å². The van der Waals surface area contributed by atoms with Gasteiger partial charge < -0.3 is 15.0 Å². The minimum Gasteiger partial charge on any atom is -0.380 e. The van der Waals surface area contributed by atoms with E-state index < -0.39 is 0 Å². The first-order chi connectivity index (χ1) is 8.27. The minimum absolute atomic E-state index is 0.718. The highest BCUT2D eigenvalue weighted by Gasteiger charge is 2.18. The number of aliphatic imine (C=N–C) groups is 1. The number of hydrogen-bond donors (Lipinski definition) is 1. The zero-order valence-corrected chi connectivity index (χ0v) is 11.5. The molecule has 1 saturated heterocycles. The predicted molar refractivity (Wildman–Crippen MR) is 72.4 cm³/mol. The molecule has 0 bridgehead atoms. The molecule has 0 radical (unpaired) electrons. The van der Waals surface area contributed by atoms with Gasteiger partial charge >= 0.3 is 0 Å². The molecule has 4 heteroatoms. The first kappa shape index (κ1) is 14.3. The van der Waals surface area contributed by atoms with Crippen LogP contribution >= 0.6 is 0 Å². The third kappa shape index (κ3) is 5.39. The molecule has 0 atom stereocenters. The molecule has 0 saturated carbocycles. The van der Waals surface area contributed by atoms with Crippen LogP contribution in [0.25, 0.3) is 0 Å². The molecule has 1 rings (SSSR count). The van der Waals surface area contributed by atoms with Crippen molar-refractivity contribution in [2.75, 3.05) is 39.4 Å². The molecule has 0 unspecified atom stereocenters. The molecule has 4 nitrogen and oxygen atoms in total. The van der Waals surface area contributed by atoms with Crippen LogP contribution in [0.2, 0.25) is 0 Å². The summed E-state index contributed by atoms with van der Waals surface area (Å²) in [6.07, 6.45) is 2.55. The van der Waals surface area contributed by atoms with E-state index in [0.717, 1.165) is 51.3 Å². The van der Waals surface area contributed by atoms with Crippen molar-refractivity contribution < 1.29 is 4.74 Å². The zero-order valence-electron chi connectivity index (χ0n) is 11.5. The van der Waals surface area contributed by atoms with Gasteiger partial charge in [0.25, 0.3) is 0 Å². The van der Waals surface area contributed by atoms with Crippen LogP contribution in [0.1, 0.15) is 33.6 Å². The molecule has 0 aromatic heterocycles. The minimum atomic E-state index is 0.718. The molecule has 1 aliphatic heterocycles. The molecule has 0 aromatic carbocycles. The highest BCUT2D eigenvalue weighted by atomic mass is 16.5. The Labute approximate surface area is 105 Å². The maximum Gasteiger partial charge on any atom is 0.193 e. The lowest BCUT2D eigenvalue weighted by Gasteiger charge is -2.33. The molecule has 0 amide bonds. The number of rotatable bonds is 5. The number of ether oxygens (including phenoxy) is 1. The molecule has 100 valence electrons. The second-order valence-corrected chi connectivity index (χ2v) is 4.60. The second kappa shape index (κ2) is 8.34. The quantitative estimate of drug-likeness (QED) is 0.452. The Morgan fingerprint density at radius 3 is 2.65 bits per heavy atom. The average molecular weight is 241 g/mol. The second-order valence-electron chi connectivity index (χ2n) is 4.60.